The van der Waals surface area contributed by atoms with Crippen LogP contribution in [0.1, 0.15) is 24.1 Å². The van der Waals surface area contributed by atoms with Crippen LogP contribution in [0.4, 0.5) is 14.9 Å². The monoisotopic (exact) mass is 519 g/mol. The van der Waals surface area contributed by atoms with Crippen molar-refractivity contribution in [1.82, 2.24) is 19.9 Å². The van der Waals surface area contributed by atoms with Gasteiger partial charge in [-0.25, -0.2) is 24.1 Å². The Kier molecular flexibility index (Phi) is 6.53. The highest BCUT2D eigenvalue weighted by molar-refractivity contribution is 7.21. The number of pyridine rings is 1. The number of carboxylic acid groups (broad SMARTS) is 1. The molecule has 11 heteroatoms. The average Bonchev–Trinajstić information content (AvgIpc) is 3.28. The van der Waals surface area contributed by atoms with Gasteiger partial charge in [-0.1, -0.05) is 6.92 Å². The van der Waals surface area contributed by atoms with Crippen molar-refractivity contribution in [2.24, 2.45) is 0 Å². The summed E-state index contributed by atoms with van der Waals surface area (Å²) in [4.78, 5) is 29.0. The van der Waals surface area contributed by atoms with Gasteiger partial charge < -0.3 is 14.6 Å². The molecule has 0 spiro atoms. The number of amides is 1. The zero-order valence-electron chi connectivity index (χ0n) is 20.2. The largest absolute Gasteiger partial charge is 0.490 e. The van der Waals surface area contributed by atoms with E-state index in [9.17, 15) is 9.18 Å². The van der Waals surface area contributed by atoms with Crippen LogP contribution in [0, 0.1) is 12.7 Å². The molecule has 1 unspecified atom stereocenters. The molecule has 5 aromatic rings. The fourth-order valence-corrected chi connectivity index (χ4v) is 4.98. The molecule has 0 aliphatic carbocycles. The molecule has 37 heavy (non-hydrogen) atoms. The molecule has 5 rings (SSSR count). The highest BCUT2D eigenvalue weighted by Crippen LogP contribution is 2.37. The number of carbonyl (C=O) groups is 1. The van der Waals surface area contributed by atoms with Crippen molar-refractivity contribution in [1.29, 1.82) is 0 Å². The number of hydrogen-bond acceptors (Lipinski definition) is 8. The van der Waals surface area contributed by atoms with Crippen LogP contribution < -0.4 is 14.8 Å². The van der Waals surface area contributed by atoms with E-state index in [0.29, 0.717) is 38.8 Å². The third-order valence-electron chi connectivity index (χ3n) is 5.69. The smallest absolute Gasteiger partial charge is 0.409 e. The second-order valence-corrected chi connectivity index (χ2v) is 9.47. The summed E-state index contributed by atoms with van der Waals surface area (Å²) < 4.78 is 26.7. The van der Waals surface area contributed by atoms with Gasteiger partial charge in [0.2, 0.25) is 5.88 Å². The van der Waals surface area contributed by atoms with E-state index in [1.165, 1.54) is 24.5 Å². The molecule has 3 heterocycles. The molecular formula is C26H22FN5O4S. The van der Waals surface area contributed by atoms with Gasteiger partial charge in [-0.15, -0.1) is 11.3 Å². The second-order valence-electron chi connectivity index (χ2n) is 8.44. The molecule has 0 fully saturated rings. The quantitative estimate of drug-likeness (QED) is 0.267. The SMILES string of the molecule is COc1cnc2c(-c3nc4cc(F)c(OCC(C)c5ncccc5NC(=O)O)cc4s3)cc(C)cc2n1. The lowest BCUT2D eigenvalue weighted by atomic mass is 10.1. The number of nitrogens with zero attached hydrogens (tertiary/aromatic N) is 4. The van der Waals surface area contributed by atoms with E-state index in [1.807, 2.05) is 26.0 Å². The van der Waals surface area contributed by atoms with Gasteiger partial charge in [0.1, 0.15) is 5.01 Å². The first-order valence-corrected chi connectivity index (χ1v) is 12.1. The van der Waals surface area contributed by atoms with Gasteiger partial charge in [0.05, 0.1) is 52.5 Å². The predicted octanol–water partition coefficient (Wildman–Crippen LogP) is 6.03. The number of thiazole rings is 1. The molecule has 0 saturated carbocycles. The van der Waals surface area contributed by atoms with Crippen molar-refractivity contribution in [2.75, 3.05) is 19.0 Å². The highest BCUT2D eigenvalue weighted by atomic mass is 32.1. The molecule has 188 valence electrons. The van der Waals surface area contributed by atoms with Crippen molar-refractivity contribution < 1.29 is 23.8 Å². The molecule has 0 bridgehead atoms. The number of fused-ring (bicyclic) bond motifs is 2. The summed E-state index contributed by atoms with van der Waals surface area (Å²) in [6, 6.07) is 10.1. The number of anilines is 1. The Morgan fingerprint density at radius 3 is 2.81 bits per heavy atom. The first-order valence-electron chi connectivity index (χ1n) is 11.3. The van der Waals surface area contributed by atoms with Crippen LogP contribution in [0.25, 0.3) is 31.8 Å². The van der Waals surface area contributed by atoms with Gasteiger partial charge in [-0.05, 0) is 36.8 Å². The van der Waals surface area contributed by atoms with Crippen LogP contribution in [-0.2, 0) is 0 Å². The summed E-state index contributed by atoms with van der Waals surface area (Å²) in [6.07, 6.45) is 1.94. The Labute approximate surface area is 215 Å². The lowest BCUT2D eigenvalue weighted by Gasteiger charge is -2.16. The Balaban J connectivity index is 1.44. The van der Waals surface area contributed by atoms with Gasteiger partial charge in [0.25, 0.3) is 0 Å². The van der Waals surface area contributed by atoms with E-state index >= 15 is 0 Å². The number of rotatable bonds is 7. The summed E-state index contributed by atoms with van der Waals surface area (Å²) in [5.74, 6) is -0.343. The summed E-state index contributed by atoms with van der Waals surface area (Å²) >= 11 is 1.40. The van der Waals surface area contributed by atoms with Crippen LogP contribution in [0.3, 0.4) is 0 Å². The van der Waals surface area contributed by atoms with Gasteiger partial charge in [-0.3, -0.25) is 10.3 Å². The third kappa shape index (κ3) is 4.98. The first-order chi connectivity index (χ1) is 17.8. The first kappa shape index (κ1) is 24.3. The molecule has 0 aliphatic heterocycles. The average molecular weight is 520 g/mol. The molecule has 3 aromatic heterocycles. The van der Waals surface area contributed by atoms with Crippen molar-refractivity contribution in [3.8, 4) is 22.2 Å². The fourth-order valence-electron chi connectivity index (χ4n) is 3.99. The summed E-state index contributed by atoms with van der Waals surface area (Å²) in [5.41, 5.74) is 4.53. The molecule has 1 amide bonds. The minimum absolute atomic E-state index is 0.0804. The van der Waals surface area contributed by atoms with Gasteiger partial charge in [0, 0.05) is 29.8 Å². The van der Waals surface area contributed by atoms with E-state index in [-0.39, 0.29) is 18.3 Å². The molecule has 2 N–H and O–H groups in total. The number of benzene rings is 2. The third-order valence-corrected chi connectivity index (χ3v) is 6.74. The standard InChI is InChI=1S/C26H22FN5O4S/c1-13-7-15(24-19(8-13)30-22(35-3)11-29-24)25-31-18-9-16(27)20(10-21(18)37-25)36-12-14(2)23-17(32-26(33)34)5-4-6-28-23/h4-11,14,32H,12H2,1-3H3,(H,33,34). The van der Waals surface area contributed by atoms with Crippen molar-refractivity contribution in [3.63, 3.8) is 0 Å². The number of aromatic nitrogens is 4. The molecule has 9 nitrogen and oxygen atoms in total. The van der Waals surface area contributed by atoms with E-state index < -0.39 is 11.9 Å². The van der Waals surface area contributed by atoms with Crippen molar-refractivity contribution >= 4 is 44.4 Å². The van der Waals surface area contributed by atoms with Crippen LogP contribution in [0.2, 0.25) is 0 Å². The maximum absolute atomic E-state index is 14.9. The highest BCUT2D eigenvalue weighted by Gasteiger charge is 2.18. The normalized spacial score (nSPS) is 12.0. The topological polar surface area (TPSA) is 119 Å². The molecular weight excluding hydrogens is 497 g/mol. The van der Waals surface area contributed by atoms with E-state index in [2.05, 4.69) is 25.3 Å². The van der Waals surface area contributed by atoms with Crippen LogP contribution >= 0.6 is 11.3 Å². The fraction of sp³-hybridized carbons (Fsp3) is 0.192. The Bertz CT molecular complexity index is 1640. The lowest BCUT2D eigenvalue weighted by Crippen LogP contribution is -2.15. The minimum Gasteiger partial charge on any atom is -0.490 e. The van der Waals surface area contributed by atoms with Gasteiger partial charge >= 0.3 is 6.09 Å². The van der Waals surface area contributed by atoms with E-state index in [4.69, 9.17) is 14.6 Å². The molecule has 0 radical (unpaired) electrons. The van der Waals surface area contributed by atoms with E-state index in [0.717, 1.165) is 15.8 Å². The summed E-state index contributed by atoms with van der Waals surface area (Å²) in [5, 5.41) is 12.1. The maximum Gasteiger partial charge on any atom is 0.409 e. The zero-order chi connectivity index (χ0) is 26.1. The lowest BCUT2D eigenvalue weighted by molar-refractivity contribution is 0.209. The Morgan fingerprint density at radius 1 is 1.19 bits per heavy atom. The number of ether oxygens (including phenoxy) is 2. The summed E-state index contributed by atoms with van der Waals surface area (Å²) in [7, 11) is 1.54. The van der Waals surface area contributed by atoms with E-state index in [1.54, 1.807) is 30.6 Å². The number of methoxy groups -OCH3 is 1. The number of nitrogens with one attached hydrogen (secondary N) is 1. The van der Waals surface area contributed by atoms with Gasteiger partial charge in [0.15, 0.2) is 11.6 Å². The Morgan fingerprint density at radius 2 is 2.03 bits per heavy atom. The molecule has 1 atom stereocenters. The predicted molar refractivity (Wildman–Crippen MR) is 139 cm³/mol. The maximum atomic E-state index is 14.9. The second kappa shape index (κ2) is 9.94. The van der Waals surface area contributed by atoms with Gasteiger partial charge in [-0.2, -0.15) is 0 Å². The molecule has 2 aromatic carbocycles. The number of hydrogen-bond donors (Lipinski definition) is 2. The number of halogens is 1. The van der Waals surface area contributed by atoms with Crippen molar-refractivity contribution in [2.45, 2.75) is 19.8 Å². The van der Waals surface area contributed by atoms with Crippen LogP contribution in [0.15, 0.2) is 48.8 Å². The number of aryl methyl sites for hydroxylation is 1. The molecule has 0 saturated heterocycles. The van der Waals surface area contributed by atoms with Crippen LogP contribution in [0.5, 0.6) is 11.6 Å². The van der Waals surface area contributed by atoms with Crippen LogP contribution in [-0.4, -0.2) is 44.9 Å². The Hall–Kier alpha value is -4.38. The minimum atomic E-state index is -1.19. The zero-order valence-corrected chi connectivity index (χ0v) is 21.0. The molecule has 0 aliphatic rings. The summed E-state index contributed by atoms with van der Waals surface area (Å²) in [6.45, 7) is 3.89. The van der Waals surface area contributed by atoms with Crippen molar-refractivity contribution in [3.05, 3.63) is 65.9 Å².